The summed E-state index contributed by atoms with van der Waals surface area (Å²) >= 11 is 0. The Bertz CT molecular complexity index is 1020. The number of carbonyl (C=O) groups is 1. The Labute approximate surface area is 172 Å². The first-order valence-electron chi connectivity index (χ1n) is 9.59. The van der Waals surface area contributed by atoms with Crippen LogP contribution in [0.2, 0.25) is 0 Å². The van der Waals surface area contributed by atoms with E-state index in [-0.39, 0.29) is 5.91 Å². The van der Waals surface area contributed by atoms with Gasteiger partial charge >= 0.3 is 6.18 Å². The first kappa shape index (κ1) is 21.4. The third-order valence-electron chi connectivity index (χ3n) is 4.29. The van der Waals surface area contributed by atoms with Crippen LogP contribution in [-0.4, -0.2) is 28.4 Å². The van der Waals surface area contributed by atoms with E-state index in [2.05, 4.69) is 10.3 Å². The van der Waals surface area contributed by atoms with Crippen LogP contribution < -0.4 is 10.1 Å². The highest BCUT2D eigenvalue weighted by Gasteiger charge is 2.30. The molecule has 2 heterocycles. The minimum Gasteiger partial charge on any atom is -0.494 e. The Balaban J connectivity index is 1.49. The summed E-state index contributed by atoms with van der Waals surface area (Å²) in [6, 6.07) is 9.75. The molecule has 2 aromatic heterocycles. The summed E-state index contributed by atoms with van der Waals surface area (Å²) in [5.74, 6) is 0.526. The molecular weight excluding hydrogens is 395 g/mol. The van der Waals surface area contributed by atoms with Crippen molar-refractivity contribution in [3.63, 3.8) is 0 Å². The molecule has 5 nitrogen and oxygen atoms in total. The first-order valence-corrected chi connectivity index (χ1v) is 9.59. The summed E-state index contributed by atoms with van der Waals surface area (Å²) in [4.78, 5) is 16.2. The molecule has 0 atom stereocenters. The zero-order chi connectivity index (χ0) is 21.6. The number of nitrogens with zero attached hydrogens (tertiary/aromatic N) is 2. The number of rotatable bonds is 8. The second-order valence-corrected chi connectivity index (χ2v) is 6.71. The van der Waals surface area contributed by atoms with Crippen molar-refractivity contribution >= 4 is 17.6 Å². The van der Waals surface area contributed by atoms with Gasteiger partial charge in [0.05, 0.1) is 17.9 Å². The van der Waals surface area contributed by atoms with E-state index in [9.17, 15) is 18.0 Å². The SMILES string of the molecule is CCCOc1ccc(/C=C/C(=O)NCCc2cn3cc(C(F)(F)F)ccc3n2)cc1. The van der Waals surface area contributed by atoms with Crippen molar-refractivity contribution in [1.29, 1.82) is 0 Å². The maximum absolute atomic E-state index is 12.8. The van der Waals surface area contributed by atoms with Crippen LogP contribution in [0.5, 0.6) is 5.75 Å². The van der Waals surface area contributed by atoms with E-state index < -0.39 is 11.7 Å². The molecule has 0 spiro atoms. The standard InChI is InChI=1S/C22H22F3N3O2/c1-2-13-30-19-7-3-16(4-8-19)5-10-21(29)26-12-11-18-15-28-14-17(22(23,24)25)6-9-20(28)27-18/h3-10,14-15H,2,11-13H2,1H3,(H,26,29)/b10-5+. The van der Waals surface area contributed by atoms with Gasteiger partial charge in [0.15, 0.2) is 0 Å². The number of alkyl halides is 3. The number of fused-ring (bicyclic) bond motifs is 1. The van der Waals surface area contributed by atoms with Crippen LogP contribution in [-0.2, 0) is 17.4 Å². The number of pyridine rings is 1. The fourth-order valence-corrected chi connectivity index (χ4v) is 2.77. The quantitative estimate of drug-likeness (QED) is 0.549. The van der Waals surface area contributed by atoms with Crippen molar-refractivity contribution in [3.05, 3.63) is 71.7 Å². The van der Waals surface area contributed by atoms with Crippen LogP contribution in [0.3, 0.4) is 0 Å². The third kappa shape index (κ3) is 5.85. The van der Waals surface area contributed by atoms with Gasteiger partial charge in [-0.15, -0.1) is 0 Å². The lowest BCUT2D eigenvalue weighted by atomic mass is 10.2. The molecule has 1 N–H and O–H groups in total. The number of benzene rings is 1. The van der Waals surface area contributed by atoms with Gasteiger partial charge in [0.2, 0.25) is 5.91 Å². The number of halogens is 3. The van der Waals surface area contributed by atoms with Crippen molar-refractivity contribution in [1.82, 2.24) is 14.7 Å². The van der Waals surface area contributed by atoms with E-state index in [4.69, 9.17) is 4.74 Å². The number of ether oxygens (including phenoxy) is 1. The van der Waals surface area contributed by atoms with E-state index in [0.717, 1.165) is 30.0 Å². The largest absolute Gasteiger partial charge is 0.494 e. The molecule has 3 rings (SSSR count). The highest BCUT2D eigenvalue weighted by atomic mass is 19.4. The monoisotopic (exact) mass is 417 g/mol. The summed E-state index contributed by atoms with van der Waals surface area (Å²) in [6.45, 7) is 3.02. The van der Waals surface area contributed by atoms with Gasteiger partial charge < -0.3 is 14.5 Å². The molecule has 0 fully saturated rings. The van der Waals surface area contributed by atoms with E-state index in [1.165, 1.54) is 22.7 Å². The zero-order valence-electron chi connectivity index (χ0n) is 16.4. The van der Waals surface area contributed by atoms with Gasteiger partial charge in [0, 0.05) is 31.4 Å². The molecule has 0 bridgehead atoms. The molecule has 0 aliphatic carbocycles. The van der Waals surface area contributed by atoms with Gasteiger partial charge in [-0.25, -0.2) is 4.98 Å². The van der Waals surface area contributed by atoms with E-state index in [1.54, 1.807) is 6.08 Å². The topological polar surface area (TPSA) is 55.6 Å². The molecule has 0 aliphatic rings. The number of hydrogen-bond acceptors (Lipinski definition) is 3. The molecule has 0 aliphatic heterocycles. The number of amides is 1. The Morgan fingerprint density at radius 3 is 2.63 bits per heavy atom. The van der Waals surface area contributed by atoms with Crippen LogP contribution in [0, 0.1) is 0 Å². The summed E-state index contributed by atoms with van der Waals surface area (Å²) in [6.07, 6.45) is 2.61. The van der Waals surface area contributed by atoms with Gasteiger partial charge in [-0.2, -0.15) is 13.2 Å². The highest BCUT2D eigenvalue weighted by Crippen LogP contribution is 2.29. The first-order chi connectivity index (χ1) is 14.3. The fourth-order valence-electron chi connectivity index (χ4n) is 2.77. The summed E-state index contributed by atoms with van der Waals surface area (Å²) in [5.41, 5.74) is 1.16. The lowest BCUT2D eigenvalue weighted by Gasteiger charge is -2.05. The van der Waals surface area contributed by atoms with Crippen molar-refractivity contribution in [2.24, 2.45) is 0 Å². The lowest BCUT2D eigenvalue weighted by molar-refractivity contribution is -0.137. The summed E-state index contributed by atoms with van der Waals surface area (Å²) in [5, 5.41) is 2.74. The van der Waals surface area contributed by atoms with Gasteiger partial charge in [-0.3, -0.25) is 4.79 Å². The molecule has 1 aromatic carbocycles. The predicted molar refractivity (Wildman–Crippen MR) is 108 cm³/mol. The second kappa shape index (κ2) is 9.47. The van der Waals surface area contributed by atoms with E-state index in [1.807, 2.05) is 31.2 Å². The minimum absolute atomic E-state index is 0.260. The van der Waals surface area contributed by atoms with Crippen molar-refractivity contribution < 1.29 is 22.7 Å². The second-order valence-electron chi connectivity index (χ2n) is 6.71. The maximum atomic E-state index is 12.8. The van der Waals surface area contributed by atoms with Crippen LogP contribution in [0.4, 0.5) is 13.2 Å². The van der Waals surface area contributed by atoms with Crippen LogP contribution in [0.15, 0.2) is 54.9 Å². The summed E-state index contributed by atoms with van der Waals surface area (Å²) in [7, 11) is 0. The number of nitrogens with one attached hydrogen (secondary N) is 1. The molecule has 30 heavy (non-hydrogen) atoms. The molecule has 3 aromatic rings. The molecule has 8 heteroatoms. The Kier molecular flexibility index (Phi) is 6.76. The maximum Gasteiger partial charge on any atom is 0.417 e. The summed E-state index contributed by atoms with van der Waals surface area (Å²) < 4.78 is 45.2. The van der Waals surface area contributed by atoms with Gasteiger partial charge in [0.25, 0.3) is 0 Å². The number of imidazole rings is 1. The number of hydrogen-bond donors (Lipinski definition) is 1. The Hall–Kier alpha value is -3.29. The highest BCUT2D eigenvalue weighted by molar-refractivity contribution is 5.91. The molecule has 0 saturated heterocycles. The molecule has 0 unspecified atom stereocenters. The molecule has 1 amide bonds. The average molecular weight is 417 g/mol. The average Bonchev–Trinajstić information content (AvgIpc) is 3.13. The van der Waals surface area contributed by atoms with Crippen molar-refractivity contribution in [3.8, 4) is 5.75 Å². The van der Waals surface area contributed by atoms with Gasteiger partial charge in [-0.05, 0) is 42.3 Å². The van der Waals surface area contributed by atoms with Gasteiger partial charge in [-0.1, -0.05) is 19.1 Å². The molecule has 0 saturated carbocycles. The van der Waals surface area contributed by atoms with E-state index in [0.29, 0.717) is 30.9 Å². The molecule has 158 valence electrons. The van der Waals surface area contributed by atoms with Crippen LogP contribution >= 0.6 is 0 Å². The lowest BCUT2D eigenvalue weighted by Crippen LogP contribution is -2.23. The normalized spacial score (nSPS) is 11.9. The molecular formula is C22H22F3N3O2. The van der Waals surface area contributed by atoms with Gasteiger partial charge in [0.1, 0.15) is 11.4 Å². The van der Waals surface area contributed by atoms with Crippen LogP contribution in [0.25, 0.3) is 11.7 Å². The zero-order valence-corrected chi connectivity index (χ0v) is 16.4. The Morgan fingerprint density at radius 1 is 1.17 bits per heavy atom. The molecule has 0 radical (unpaired) electrons. The fraction of sp³-hybridized carbons (Fsp3) is 0.273. The van der Waals surface area contributed by atoms with Crippen molar-refractivity contribution in [2.45, 2.75) is 25.9 Å². The van der Waals surface area contributed by atoms with Crippen LogP contribution in [0.1, 0.15) is 30.2 Å². The van der Waals surface area contributed by atoms with E-state index >= 15 is 0 Å². The number of aromatic nitrogens is 2. The number of carbonyl (C=O) groups excluding carboxylic acids is 1. The van der Waals surface area contributed by atoms with Crippen molar-refractivity contribution in [2.75, 3.05) is 13.2 Å². The smallest absolute Gasteiger partial charge is 0.417 e. The minimum atomic E-state index is -4.40. The predicted octanol–water partition coefficient (Wildman–Crippen LogP) is 4.51. The Morgan fingerprint density at radius 2 is 1.93 bits per heavy atom. The third-order valence-corrected chi connectivity index (χ3v) is 4.29.